The average molecular weight is 474 g/mol. The van der Waals surface area contributed by atoms with Gasteiger partial charge in [-0.3, -0.25) is 14.9 Å². The van der Waals surface area contributed by atoms with Crippen molar-refractivity contribution in [3.05, 3.63) is 63.1 Å². The molecule has 2 aromatic rings. The van der Waals surface area contributed by atoms with Crippen LogP contribution in [-0.4, -0.2) is 11.1 Å². The Bertz CT molecular complexity index is 1210. The van der Waals surface area contributed by atoms with Gasteiger partial charge in [0.15, 0.2) is 0 Å². The lowest BCUT2D eigenvalue weighted by molar-refractivity contribution is -0.137. The highest BCUT2D eigenvalue weighted by molar-refractivity contribution is 8.18. The second kappa shape index (κ2) is 7.76. The number of benzene rings is 2. The lowest BCUT2D eigenvalue weighted by Crippen LogP contribution is -2.34. The minimum absolute atomic E-state index is 0.173. The largest absolute Gasteiger partial charge is 0.417 e. The molecule has 1 fully saturated rings. The van der Waals surface area contributed by atoms with Crippen LogP contribution >= 0.6 is 11.8 Å². The highest BCUT2D eigenvalue weighted by Crippen LogP contribution is 2.50. The summed E-state index contributed by atoms with van der Waals surface area (Å²) in [5.41, 5.74) is 2.55. The van der Waals surface area contributed by atoms with E-state index in [2.05, 4.69) is 19.2 Å². The molecule has 1 aliphatic heterocycles. The summed E-state index contributed by atoms with van der Waals surface area (Å²) in [6.07, 6.45) is -1.18. The molecule has 4 rings (SSSR count). The first-order valence-corrected chi connectivity index (χ1v) is 11.6. The van der Waals surface area contributed by atoms with Gasteiger partial charge in [-0.05, 0) is 93.9 Å². The van der Waals surface area contributed by atoms with Gasteiger partial charge >= 0.3 is 6.18 Å². The third kappa shape index (κ3) is 4.35. The number of alkyl halides is 3. The van der Waals surface area contributed by atoms with E-state index < -0.39 is 22.9 Å². The van der Waals surface area contributed by atoms with Crippen molar-refractivity contribution in [3.63, 3.8) is 0 Å². The normalized spacial score (nSPS) is 20.7. The third-order valence-electron chi connectivity index (χ3n) is 6.78. The zero-order valence-electron chi connectivity index (χ0n) is 19.2. The first-order chi connectivity index (χ1) is 15.2. The summed E-state index contributed by atoms with van der Waals surface area (Å²) >= 11 is 0.808. The molecule has 0 saturated carbocycles. The Kier molecular flexibility index (Phi) is 5.55. The summed E-state index contributed by atoms with van der Waals surface area (Å²) in [5.74, 6) is -0.467. The minimum Gasteiger partial charge on any atom is -0.282 e. The van der Waals surface area contributed by atoms with Gasteiger partial charge in [-0.1, -0.05) is 45.9 Å². The van der Waals surface area contributed by atoms with Gasteiger partial charge in [-0.25, -0.2) is 0 Å². The number of thioether (sulfide) groups is 1. The lowest BCUT2D eigenvalue weighted by Gasteiger charge is -2.42. The topological polar surface area (TPSA) is 46.2 Å². The quantitative estimate of drug-likeness (QED) is 0.464. The van der Waals surface area contributed by atoms with Gasteiger partial charge in [0.05, 0.1) is 10.5 Å². The van der Waals surface area contributed by atoms with E-state index in [0.29, 0.717) is 16.7 Å². The number of rotatable bonds is 2. The van der Waals surface area contributed by atoms with Crippen molar-refractivity contribution in [1.29, 1.82) is 0 Å². The number of hydrogen-bond acceptors (Lipinski definition) is 3. The van der Waals surface area contributed by atoms with Gasteiger partial charge in [-0.15, -0.1) is 0 Å². The zero-order chi connectivity index (χ0) is 24.3. The predicted octanol–water partition coefficient (Wildman–Crippen LogP) is 7.35. The number of carbonyl (C=O) groups is 2. The molecule has 1 heterocycles. The SMILES string of the molecule is Cc1cc(/C=C2\SC(=O)NC2=O)ccc1-c1cc2c(cc1C(F)(F)F)C(C)(C)CCC2(C)C. The van der Waals surface area contributed by atoms with Crippen LogP contribution in [0.15, 0.2) is 35.2 Å². The third-order valence-corrected chi connectivity index (χ3v) is 7.59. The van der Waals surface area contributed by atoms with E-state index in [1.54, 1.807) is 37.3 Å². The van der Waals surface area contributed by atoms with Crippen LogP contribution in [0.4, 0.5) is 18.0 Å². The maximum absolute atomic E-state index is 14.2. The number of hydrogen-bond donors (Lipinski definition) is 1. The van der Waals surface area contributed by atoms with Gasteiger partial charge < -0.3 is 0 Å². The number of fused-ring (bicyclic) bond motifs is 1. The molecule has 0 atom stereocenters. The number of amides is 2. The zero-order valence-corrected chi connectivity index (χ0v) is 20.1. The molecule has 0 bridgehead atoms. The van der Waals surface area contributed by atoms with E-state index in [-0.39, 0.29) is 21.3 Å². The molecule has 0 aromatic heterocycles. The van der Waals surface area contributed by atoms with Crippen molar-refractivity contribution >= 4 is 29.0 Å². The Hall–Kier alpha value is -2.54. The molecule has 1 aliphatic carbocycles. The maximum atomic E-state index is 14.2. The molecule has 0 radical (unpaired) electrons. The van der Waals surface area contributed by atoms with Gasteiger partial charge in [-0.2, -0.15) is 13.2 Å². The molecule has 33 heavy (non-hydrogen) atoms. The molecule has 1 N–H and O–H groups in total. The Morgan fingerprint density at radius 3 is 2.06 bits per heavy atom. The minimum atomic E-state index is -4.49. The lowest BCUT2D eigenvalue weighted by atomic mass is 9.62. The van der Waals surface area contributed by atoms with Crippen molar-refractivity contribution in [2.45, 2.75) is 64.5 Å². The highest BCUT2D eigenvalue weighted by Gasteiger charge is 2.42. The van der Waals surface area contributed by atoms with Crippen molar-refractivity contribution in [2.75, 3.05) is 0 Å². The Morgan fingerprint density at radius 2 is 1.55 bits per heavy atom. The van der Waals surface area contributed by atoms with Crippen molar-refractivity contribution in [3.8, 4) is 11.1 Å². The van der Waals surface area contributed by atoms with Gasteiger partial charge in [0, 0.05) is 0 Å². The molecule has 2 amide bonds. The van der Waals surface area contributed by atoms with Crippen LogP contribution in [0.1, 0.15) is 68.4 Å². The number of imide groups is 1. The summed E-state index contributed by atoms with van der Waals surface area (Å²) in [6.45, 7) is 9.96. The van der Waals surface area contributed by atoms with Crippen LogP contribution in [0.5, 0.6) is 0 Å². The fraction of sp³-hybridized carbons (Fsp3) is 0.385. The molecule has 174 valence electrons. The number of carbonyl (C=O) groups excluding carboxylic acids is 2. The summed E-state index contributed by atoms with van der Waals surface area (Å²) in [5, 5.41) is 1.76. The van der Waals surface area contributed by atoms with Crippen LogP contribution < -0.4 is 5.32 Å². The van der Waals surface area contributed by atoms with Gasteiger partial charge in [0.2, 0.25) is 0 Å². The maximum Gasteiger partial charge on any atom is 0.417 e. The van der Waals surface area contributed by atoms with E-state index in [0.717, 1.165) is 35.7 Å². The Morgan fingerprint density at radius 1 is 0.939 bits per heavy atom. The van der Waals surface area contributed by atoms with Crippen LogP contribution in [-0.2, 0) is 21.8 Å². The Labute approximate surface area is 195 Å². The molecule has 7 heteroatoms. The first-order valence-electron chi connectivity index (χ1n) is 10.8. The predicted molar refractivity (Wildman–Crippen MR) is 126 cm³/mol. The van der Waals surface area contributed by atoms with Crippen molar-refractivity contribution in [1.82, 2.24) is 5.32 Å². The average Bonchev–Trinajstić information content (AvgIpc) is 3.01. The summed E-state index contributed by atoms with van der Waals surface area (Å²) < 4.78 is 42.7. The molecule has 2 aromatic carbocycles. The second-order valence-corrected chi connectivity index (χ2v) is 11.2. The summed E-state index contributed by atoms with van der Waals surface area (Å²) in [7, 11) is 0. The second-order valence-electron chi connectivity index (χ2n) is 10.1. The smallest absolute Gasteiger partial charge is 0.282 e. The van der Waals surface area contributed by atoms with E-state index in [9.17, 15) is 22.8 Å². The molecular formula is C26H26F3NO2S. The van der Waals surface area contributed by atoms with E-state index in [4.69, 9.17) is 0 Å². The fourth-order valence-electron chi connectivity index (χ4n) is 4.72. The van der Waals surface area contributed by atoms with Crippen LogP contribution in [0.3, 0.4) is 0 Å². The standard InChI is InChI=1S/C26H26F3NO2S/c1-14-10-15(11-21-22(31)30-23(32)33-21)6-7-16(14)17-12-19-20(13-18(17)26(27,28)29)25(4,5)9-8-24(19,2)3/h6-7,10-13H,8-9H2,1-5H3,(H,30,31,32)/b21-11-. The summed E-state index contributed by atoms with van der Waals surface area (Å²) in [6, 6.07) is 8.18. The molecule has 0 unspecified atom stereocenters. The molecular weight excluding hydrogens is 447 g/mol. The monoisotopic (exact) mass is 473 g/mol. The molecule has 1 saturated heterocycles. The van der Waals surface area contributed by atoms with Crippen molar-refractivity contribution in [2.24, 2.45) is 0 Å². The van der Waals surface area contributed by atoms with Crippen LogP contribution in [0.25, 0.3) is 17.2 Å². The number of halogens is 3. The van der Waals surface area contributed by atoms with E-state index in [1.807, 2.05) is 13.8 Å². The van der Waals surface area contributed by atoms with Crippen molar-refractivity contribution < 1.29 is 22.8 Å². The van der Waals surface area contributed by atoms with Gasteiger partial charge in [0.25, 0.3) is 11.1 Å². The van der Waals surface area contributed by atoms with E-state index in [1.165, 1.54) is 6.07 Å². The molecule has 2 aliphatic rings. The van der Waals surface area contributed by atoms with Crippen LogP contribution in [0.2, 0.25) is 0 Å². The fourth-order valence-corrected chi connectivity index (χ4v) is 5.40. The van der Waals surface area contributed by atoms with Gasteiger partial charge in [0.1, 0.15) is 0 Å². The molecule has 0 spiro atoms. The highest BCUT2D eigenvalue weighted by atomic mass is 32.2. The number of aryl methyl sites for hydroxylation is 1. The Balaban J connectivity index is 1.88. The summed E-state index contributed by atoms with van der Waals surface area (Å²) in [4.78, 5) is 23.5. The number of nitrogens with one attached hydrogen (secondary N) is 1. The van der Waals surface area contributed by atoms with E-state index >= 15 is 0 Å². The molecule has 3 nitrogen and oxygen atoms in total. The first kappa shape index (κ1) is 23.6. The van der Waals surface area contributed by atoms with Crippen LogP contribution in [0, 0.1) is 6.92 Å².